The number of nitrogens with zero attached hydrogens (tertiary/aromatic N) is 1. The molecule has 0 radical (unpaired) electrons. The number of methoxy groups -OCH3 is 1. The number of aliphatic hydroxyl groups excluding tert-OH is 2. The molecule has 3 rings (SSSR count). The van der Waals surface area contributed by atoms with E-state index in [-0.39, 0.29) is 43.7 Å². The molecule has 3 fully saturated rings. The lowest BCUT2D eigenvalue weighted by molar-refractivity contribution is -0.308. The van der Waals surface area contributed by atoms with Crippen molar-refractivity contribution in [2.75, 3.05) is 21.2 Å². The summed E-state index contributed by atoms with van der Waals surface area (Å²) in [4.78, 5) is 16.4. The highest BCUT2D eigenvalue weighted by Crippen LogP contribution is 2.41. The minimum Gasteiger partial charge on any atom is -0.459 e. The largest absolute Gasteiger partial charge is 0.459 e. The molecule has 13 nitrogen and oxygen atoms in total. The maximum Gasteiger partial charge on any atom is 0.311 e. The molecule has 3 aliphatic rings. The third-order valence-corrected chi connectivity index (χ3v) is 12.5. The van der Waals surface area contributed by atoms with Crippen LogP contribution in [-0.2, 0) is 33.2 Å². The Morgan fingerprint density at radius 1 is 0.902 bits per heavy atom. The Kier molecular flexibility index (Phi) is 15.4. The second-order valence-electron chi connectivity index (χ2n) is 16.8. The third-order valence-electron chi connectivity index (χ3n) is 12.5. The monoisotopic (exact) mass is 733 g/mol. The van der Waals surface area contributed by atoms with E-state index in [9.17, 15) is 25.2 Å². The zero-order valence-electron chi connectivity index (χ0n) is 33.6. The molecule has 6 N–H and O–H groups in total. The number of ether oxygens (including phenoxy) is 6. The van der Waals surface area contributed by atoms with Crippen LogP contribution in [0.15, 0.2) is 0 Å². The van der Waals surface area contributed by atoms with Crippen LogP contribution in [0.25, 0.3) is 0 Å². The minimum absolute atomic E-state index is 0.0934. The predicted molar refractivity (Wildman–Crippen MR) is 192 cm³/mol. The summed E-state index contributed by atoms with van der Waals surface area (Å²) in [5.41, 5.74) is 2.51. The summed E-state index contributed by atoms with van der Waals surface area (Å²) >= 11 is 0. The van der Waals surface area contributed by atoms with Crippen molar-refractivity contribution in [3.05, 3.63) is 0 Å². The lowest BCUT2D eigenvalue weighted by atomic mass is 9.72. The number of nitrogens with two attached hydrogens (primary N) is 1. The number of carbonyl (C=O) groups is 1. The van der Waals surface area contributed by atoms with Crippen molar-refractivity contribution in [1.82, 2.24) is 4.90 Å². The van der Waals surface area contributed by atoms with Crippen LogP contribution in [0.1, 0.15) is 108 Å². The van der Waals surface area contributed by atoms with Crippen molar-refractivity contribution in [3.8, 4) is 0 Å². The zero-order valence-corrected chi connectivity index (χ0v) is 33.6. The molecule has 0 aromatic carbocycles. The van der Waals surface area contributed by atoms with Gasteiger partial charge in [0.2, 0.25) is 0 Å². The predicted octanol–water partition coefficient (Wildman–Crippen LogP) is 2.96. The second-order valence-corrected chi connectivity index (χ2v) is 16.8. The van der Waals surface area contributed by atoms with E-state index in [2.05, 4.69) is 4.90 Å². The van der Waals surface area contributed by atoms with Crippen molar-refractivity contribution in [2.24, 2.45) is 29.4 Å². The van der Waals surface area contributed by atoms with Gasteiger partial charge < -0.3 is 59.5 Å². The minimum atomic E-state index is -1.78. The van der Waals surface area contributed by atoms with Gasteiger partial charge in [0.05, 0.1) is 47.6 Å². The summed E-state index contributed by atoms with van der Waals surface area (Å²) in [7, 11) is 5.57. The van der Waals surface area contributed by atoms with E-state index in [0.717, 1.165) is 6.42 Å². The van der Waals surface area contributed by atoms with Gasteiger partial charge in [-0.05, 0) is 80.3 Å². The Morgan fingerprint density at radius 3 is 2.08 bits per heavy atom. The fourth-order valence-electron chi connectivity index (χ4n) is 8.86. The lowest BCUT2D eigenvalue weighted by Gasteiger charge is -2.49. The molecule has 0 aliphatic carbocycles. The van der Waals surface area contributed by atoms with Gasteiger partial charge in [0.25, 0.3) is 0 Å². The lowest BCUT2D eigenvalue weighted by Crippen LogP contribution is -2.61. The molecule has 0 aromatic heterocycles. The average Bonchev–Trinajstić information content (AvgIpc) is 3.07. The van der Waals surface area contributed by atoms with Crippen molar-refractivity contribution in [1.29, 1.82) is 0 Å². The molecule has 2 unspecified atom stereocenters. The normalized spacial score (nSPS) is 49.7. The molecule has 3 saturated heterocycles. The molecule has 0 bridgehead atoms. The number of hydrogen-bond acceptors (Lipinski definition) is 13. The Bertz CT molecular complexity index is 1110. The molecule has 3 heterocycles. The van der Waals surface area contributed by atoms with Crippen LogP contribution in [0.2, 0.25) is 0 Å². The SMILES string of the molecule is CC[C@H]1OC(=O)C(C)[C@@H](O[C@H]2C[C@@](C)(OC)[C@@H](O)[C@H](C)O2)[C@H](C)[C@@H](O[C@H]2C[C@@H](N(C)C)C[C@@H](C)O2)[C@](C)(O)C[C@@H](C)[C@H](N)[C@H](C)C(O)[C@@]1(O)CC. The summed E-state index contributed by atoms with van der Waals surface area (Å²) in [5, 5.41) is 47.1. The van der Waals surface area contributed by atoms with Gasteiger partial charge in [0.15, 0.2) is 12.6 Å². The standard InChI is InChI=1S/C38H72N2O11/c1-14-27-38(45,15-2)32(41)22(5)30(39)20(3)18-36(9,44)34(51-28-17-26(40(11)12)16-21(4)47-28)23(6)31(24(7)35(43)49-27)50-29-19-37(10,46-13)33(42)25(8)48-29/h20-34,41-42,44-45H,14-19,39H2,1-13H3/t20-,21-,22+,23+,24?,25+,26+,27-,28+,29+,30+,31+,32?,33+,34-,36-,37-,38-/m1/s1. The highest BCUT2D eigenvalue weighted by Gasteiger charge is 2.53. The number of hydrogen-bond donors (Lipinski definition) is 5. The van der Waals surface area contributed by atoms with Crippen LogP contribution in [-0.4, -0.2) is 137 Å². The summed E-state index contributed by atoms with van der Waals surface area (Å²) < 4.78 is 37.9. The molecule has 0 spiro atoms. The van der Waals surface area contributed by atoms with Gasteiger partial charge >= 0.3 is 5.97 Å². The number of rotatable bonds is 8. The van der Waals surface area contributed by atoms with Crippen molar-refractivity contribution >= 4 is 5.97 Å². The van der Waals surface area contributed by atoms with E-state index in [1.54, 1.807) is 48.5 Å². The Balaban J connectivity index is 2.17. The van der Waals surface area contributed by atoms with Crippen LogP contribution in [0.5, 0.6) is 0 Å². The highest BCUT2D eigenvalue weighted by molar-refractivity contribution is 5.73. The Hall–Kier alpha value is -0.970. The Morgan fingerprint density at radius 2 is 1.53 bits per heavy atom. The quantitative estimate of drug-likeness (QED) is 0.230. The van der Waals surface area contributed by atoms with Crippen molar-refractivity contribution in [2.45, 2.75) is 192 Å². The van der Waals surface area contributed by atoms with Gasteiger partial charge in [-0.3, -0.25) is 4.79 Å². The van der Waals surface area contributed by atoms with Crippen molar-refractivity contribution in [3.63, 3.8) is 0 Å². The van der Waals surface area contributed by atoms with Gasteiger partial charge in [0, 0.05) is 43.9 Å². The molecule has 51 heavy (non-hydrogen) atoms. The molecular weight excluding hydrogens is 660 g/mol. The highest BCUT2D eigenvalue weighted by atomic mass is 16.7. The third kappa shape index (κ3) is 9.83. The van der Waals surface area contributed by atoms with Gasteiger partial charge in [0.1, 0.15) is 17.8 Å². The number of aliphatic hydroxyl groups is 4. The van der Waals surface area contributed by atoms with Crippen LogP contribution < -0.4 is 5.73 Å². The van der Waals surface area contributed by atoms with E-state index < -0.39 is 95.8 Å². The maximum atomic E-state index is 14.2. The maximum absolute atomic E-state index is 14.2. The summed E-state index contributed by atoms with van der Waals surface area (Å²) in [5.74, 6) is -3.19. The van der Waals surface area contributed by atoms with Gasteiger partial charge in [-0.15, -0.1) is 0 Å². The van der Waals surface area contributed by atoms with Gasteiger partial charge in [-0.1, -0.05) is 34.6 Å². The van der Waals surface area contributed by atoms with E-state index in [0.29, 0.717) is 6.42 Å². The first-order valence-corrected chi connectivity index (χ1v) is 19.2. The average molecular weight is 733 g/mol. The molecule has 300 valence electrons. The first kappa shape index (κ1) is 44.4. The Labute approximate surface area is 306 Å². The summed E-state index contributed by atoms with van der Waals surface area (Å²) in [6, 6.07) is -0.450. The fraction of sp³-hybridized carbons (Fsp3) is 0.974. The second kappa shape index (κ2) is 17.7. The molecule has 13 heteroatoms. The topological polar surface area (TPSA) is 183 Å². The van der Waals surface area contributed by atoms with E-state index in [1.165, 1.54) is 7.11 Å². The van der Waals surface area contributed by atoms with E-state index >= 15 is 0 Å². The molecule has 0 saturated carbocycles. The van der Waals surface area contributed by atoms with Gasteiger partial charge in [-0.25, -0.2) is 0 Å². The number of esters is 1. The zero-order chi connectivity index (χ0) is 38.8. The number of cyclic esters (lactones) is 1. The first-order valence-electron chi connectivity index (χ1n) is 19.2. The number of carbonyl (C=O) groups excluding carboxylic acids is 1. The molecule has 3 aliphatic heterocycles. The van der Waals surface area contributed by atoms with Crippen LogP contribution in [0.3, 0.4) is 0 Å². The van der Waals surface area contributed by atoms with Crippen LogP contribution >= 0.6 is 0 Å². The molecule has 0 amide bonds. The van der Waals surface area contributed by atoms with Gasteiger partial charge in [-0.2, -0.15) is 0 Å². The first-order chi connectivity index (χ1) is 23.6. The molecule has 18 atom stereocenters. The summed E-state index contributed by atoms with van der Waals surface area (Å²) in [6.45, 7) is 18.0. The van der Waals surface area contributed by atoms with Crippen molar-refractivity contribution < 1.29 is 53.6 Å². The smallest absolute Gasteiger partial charge is 0.311 e. The van der Waals surface area contributed by atoms with Crippen LogP contribution in [0.4, 0.5) is 0 Å². The summed E-state index contributed by atoms with van der Waals surface area (Å²) in [6.07, 6.45) is -5.35. The molecular formula is C38H72N2O11. The fourth-order valence-corrected chi connectivity index (χ4v) is 8.86. The van der Waals surface area contributed by atoms with E-state index in [4.69, 9.17) is 34.2 Å². The molecule has 0 aromatic rings. The van der Waals surface area contributed by atoms with Crippen LogP contribution in [0, 0.1) is 23.7 Å². The van der Waals surface area contributed by atoms with E-state index in [1.807, 2.05) is 34.9 Å².